The van der Waals surface area contributed by atoms with Gasteiger partial charge in [-0.1, -0.05) is 17.7 Å². The minimum absolute atomic E-state index is 0.611. The van der Waals surface area contributed by atoms with E-state index in [1.807, 2.05) is 32.2 Å². The zero-order valence-corrected chi connectivity index (χ0v) is 9.99. The molecule has 4 nitrogen and oxygen atoms in total. The van der Waals surface area contributed by atoms with Crippen LogP contribution in [0.15, 0.2) is 24.5 Å². The molecular weight excluding hydrogens is 224 g/mol. The zero-order chi connectivity index (χ0) is 11.5. The highest BCUT2D eigenvalue weighted by molar-refractivity contribution is 6.33. The molecule has 1 aromatic carbocycles. The van der Waals surface area contributed by atoms with Crippen molar-refractivity contribution in [1.82, 2.24) is 14.8 Å². The summed E-state index contributed by atoms with van der Waals surface area (Å²) in [7, 11) is 1.86. The molecule has 0 aliphatic heterocycles. The molecular formula is C11H13ClN4. The lowest BCUT2D eigenvalue weighted by Gasteiger charge is -2.08. The fraction of sp³-hybridized carbons (Fsp3) is 0.273. The molecule has 0 aliphatic rings. The third-order valence-electron chi connectivity index (χ3n) is 2.36. The van der Waals surface area contributed by atoms with Gasteiger partial charge in [-0.25, -0.2) is 4.98 Å². The number of hydrogen-bond donors (Lipinski definition) is 1. The van der Waals surface area contributed by atoms with Crippen molar-refractivity contribution in [2.24, 2.45) is 7.05 Å². The van der Waals surface area contributed by atoms with Crippen molar-refractivity contribution in [3.8, 4) is 0 Å². The molecule has 2 aromatic rings. The summed E-state index contributed by atoms with van der Waals surface area (Å²) in [5.74, 6) is 0.873. The van der Waals surface area contributed by atoms with Gasteiger partial charge in [0.05, 0.1) is 17.3 Å². The van der Waals surface area contributed by atoms with Crippen molar-refractivity contribution >= 4 is 17.3 Å². The number of benzene rings is 1. The normalized spacial score (nSPS) is 10.4. The first-order chi connectivity index (χ1) is 7.66. The summed E-state index contributed by atoms with van der Waals surface area (Å²) in [6.45, 7) is 2.64. The molecule has 0 unspecified atom stereocenters. The van der Waals surface area contributed by atoms with Crippen LogP contribution in [0.2, 0.25) is 5.02 Å². The van der Waals surface area contributed by atoms with Gasteiger partial charge in [-0.05, 0) is 24.6 Å². The van der Waals surface area contributed by atoms with Crippen LogP contribution in [0.5, 0.6) is 0 Å². The van der Waals surface area contributed by atoms with Crippen molar-refractivity contribution in [2.75, 3.05) is 5.32 Å². The summed E-state index contributed by atoms with van der Waals surface area (Å²) in [6, 6.07) is 5.88. The molecule has 1 heterocycles. The molecule has 0 amide bonds. The fourth-order valence-corrected chi connectivity index (χ4v) is 1.61. The van der Waals surface area contributed by atoms with Crippen LogP contribution >= 0.6 is 11.6 Å². The molecule has 84 valence electrons. The van der Waals surface area contributed by atoms with Crippen LogP contribution in [-0.4, -0.2) is 14.8 Å². The second-order valence-electron chi connectivity index (χ2n) is 3.64. The van der Waals surface area contributed by atoms with Crippen LogP contribution in [0.3, 0.4) is 0 Å². The SMILES string of the molecule is Cc1ccc(Cl)c(NCc2ncnn2C)c1. The van der Waals surface area contributed by atoms with Gasteiger partial charge in [-0.3, -0.25) is 4.68 Å². The van der Waals surface area contributed by atoms with E-state index in [1.165, 1.54) is 11.9 Å². The van der Waals surface area contributed by atoms with Gasteiger partial charge in [0, 0.05) is 7.05 Å². The Morgan fingerprint density at radius 2 is 2.25 bits per heavy atom. The van der Waals surface area contributed by atoms with E-state index < -0.39 is 0 Å². The molecule has 0 radical (unpaired) electrons. The van der Waals surface area contributed by atoms with E-state index in [0.29, 0.717) is 11.6 Å². The van der Waals surface area contributed by atoms with E-state index in [0.717, 1.165) is 11.5 Å². The maximum Gasteiger partial charge on any atom is 0.145 e. The molecule has 0 saturated heterocycles. The van der Waals surface area contributed by atoms with E-state index in [4.69, 9.17) is 11.6 Å². The summed E-state index contributed by atoms with van der Waals surface area (Å²) < 4.78 is 1.73. The minimum atomic E-state index is 0.611. The monoisotopic (exact) mass is 236 g/mol. The summed E-state index contributed by atoms with van der Waals surface area (Å²) in [5, 5.41) is 7.96. The number of aromatic nitrogens is 3. The van der Waals surface area contributed by atoms with Crippen LogP contribution < -0.4 is 5.32 Å². The molecule has 0 spiro atoms. The Morgan fingerprint density at radius 3 is 2.94 bits per heavy atom. The van der Waals surface area contributed by atoms with E-state index in [-0.39, 0.29) is 0 Å². The van der Waals surface area contributed by atoms with E-state index in [9.17, 15) is 0 Å². The molecule has 0 bridgehead atoms. The standard InChI is InChI=1S/C11H13ClN4/c1-8-3-4-9(12)10(5-8)13-6-11-14-7-15-16(11)2/h3-5,7,13H,6H2,1-2H3. The quantitative estimate of drug-likeness (QED) is 0.890. The zero-order valence-electron chi connectivity index (χ0n) is 9.24. The van der Waals surface area contributed by atoms with Crippen LogP contribution in [0, 0.1) is 6.92 Å². The van der Waals surface area contributed by atoms with Crippen LogP contribution in [0.25, 0.3) is 0 Å². The number of aryl methyl sites for hydroxylation is 2. The van der Waals surface area contributed by atoms with E-state index >= 15 is 0 Å². The first kappa shape index (κ1) is 11.0. The Hall–Kier alpha value is -1.55. The molecule has 0 atom stereocenters. The van der Waals surface area contributed by atoms with Crippen LogP contribution in [0.1, 0.15) is 11.4 Å². The fourth-order valence-electron chi connectivity index (χ4n) is 1.43. The van der Waals surface area contributed by atoms with Gasteiger partial charge >= 0.3 is 0 Å². The highest BCUT2D eigenvalue weighted by Crippen LogP contribution is 2.22. The summed E-state index contributed by atoms with van der Waals surface area (Å²) >= 11 is 6.07. The molecule has 1 N–H and O–H groups in total. The lowest BCUT2D eigenvalue weighted by molar-refractivity contribution is 0.712. The van der Waals surface area contributed by atoms with E-state index in [2.05, 4.69) is 15.4 Å². The van der Waals surface area contributed by atoms with Crippen molar-refractivity contribution in [1.29, 1.82) is 0 Å². The van der Waals surface area contributed by atoms with Crippen molar-refractivity contribution < 1.29 is 0 Å². The second kappa shape index (κ2) is 4.53. The van der Waals surface area contributed by atoms with Crippen LogP contribution in [0.4, 0.5) is 5.69 Å². The number of hydrogen-bond acceptors (Lipinski definition) is 3. The molecule has 0 saturated carbocycles. The second-order valence-corrected chi connectivity index (χ2v) is 4.04. The number of nitrogens with zero attached hydrogens (tertiary/aromatic N) is 3. The van der Waals surface area contributed by atoms with Gasteiger partial charge in [0.1, 0.15) is 12.2 Å². The molecule has 16 heavy (non-hydrogen) atoms. The van der Waals surface area contributed by atoms with Gasteiger partial charge in [0.25, 0.3) is 0 Å². The Kier molecular flexibility index (Phi) is 3.10. The van der Waals surface area contributed by atoms with Gasteiger partial charge < -0.3 is 5.32 Å². The minimum Gasteiger partial charge on any atom is -0.377 e. The summed E-state index contributed by atoms with van der Waals surface area (Å²) in [5.41, 5.74) is 2.09. The average molecular weight is 237 g/mol. The van der Waals surface area contributed by atoms with Crippen molar-refractivity contribution in [3.05, 3.63) is 40.9 Å². The first-order valence-electron chi connectivity index (χ1n) is 4.99. The summed E-state index contributed by atoms with van der Waals surface area (Å²) in [6.07, 6.45) is 1.54. The van der Waals surface area contributed by atoms with Crippen molar-refractivity contribution in [2.45, 2.75) is 13.5 Å². The molecule has 0 fully saturated rings. The van der Waals surface area contributed by atoms with Crippen LogP contribution in [-0.2, 0) is 13.6 Å². The average Bonchev–Trinajstić information content (AvgIpc) is 2.66. The number of anilines is 1. The highest BCUT2D eigenvalue weighted by Gasteiger charge is 2.03. The topological polar surface area (TPSA) is 42.7 Å². The molecule has 5 heteroatoms. The lowest BCUT2D eigenvalue weighted by atomic mass is 10.2. The largest absolute Gasteiger partial charge is 0.377 e. The van der Waals surface area contributed by atoms with Gasteiger partial charge in [0.2, 0.25) is 0 Å². The van der Waals surface area contributed by atoms with Gasteiger partial charge in [-0.15, -0.1) is 0 Å². The number of halogens is 1. The summed E-state index contributed by atoms with van der Waals surface area (Å²) in [4.78, 5) is 4.13. The van der Waals surface area contributed by atoms with E-state index in [1.54, 1.807) is 4.68 Å². The third-order valence-corrected chi connectivity index (χ3v) is 2.69. The molecule has 0 aliphatic carbocycles. The van der Waals surface area contributed by atoms with Crippen molar-refractivity contribution in [3.63, 3.8) is 0 Å². The Labute approximate surface area is 99.3 Å². The first-order valence-corrected chi connectivity index (χ1v) is 5.37. The third kappa shape index (κ3) is 2.33. The Morgan fingerprint density at radius 1 is 1.44 bits per heavy atom. The highest BCUT2D eigenvalue weighted by atomic mass is 35.5. The Bertz CT molecular complexity index is 492. The Balaban J connectivity index is 2.10. The molecule has 1 aromatic heterocycles. The van der Waals surface area contributed by atoms with Gasteiger partial charge in [-0.2, -0.15) is 5.10 Å². The maximum atomic E-state index is 6.07. The lowest BCUT2D eigenvalue weighted by Crippen LogP contribution is -2.07. The number of nitrogens with one attached hydrogen (secondary N) is 1. The maximum absolute atomic E-state index is 6.07. The smallest absolute Gasteiger partial charge is 0.145 e. The predicted octanol–water partition coefficient (Wildman–Crippen LogP) is 2.39. The number of rotatable bonds is 3. The van der Waals surface area contributed by atoms with Gasteiger partial charge in [0.15, 0.2) is 0 Å². The predicted molar refractivity (Wildman–Crippen MR) is 64.5 cm³/mol. The molecule has 2 rings (SSSR count).